The summed E-state index contributed by atoms with van der Waals surface area (Å²) in [6, 6.07) is 12.2. The lowest BCUT2D eigenvalue weighted by molar-refractivity contribution is -0.148. The van der Waals surface area contributed by atoms with Crippen LogP contribution in [-0.2, 0) is 14.3 Å². The number of nitrogens with one attached hydrogen (secondary N) is 1. The van der Waals surface area contributed by atoms with Gasteiger partial charge in [0.2, 0.25) is 0 Å². The highest BCUT2D eigenvalue weighted by Gasteiger charge is 2.17. The predicted octanol–water partition coefficient (Wildman–Crippen LogP) is 3.30. The molecule has 0 saturated carbocycles. The molecule has 1 N–H and O–H groups in total. The molecule has 0 fully saturated rings. The van der Waals surface area contributed by atoms with E-state index in [1.165, 1.54) is 40.4 Å². The van der Waals surface area contributed by atoms with Gasteiger partial charge in [-0.1, -0.05) is 18.2 Å². The molecule has 7 heteroatoms. The maximum absolute atomic E-state index is 12.2. The van der Waals surface area contributed by atoms with Gasteiger partial charge >= 0.3 is 5.97 Å². The number of methoxy groups -OCH3 is 3. The number of anilines is 1. The van der Waals surface area contributed by atoms with Crippen LogP contribution in [0, 0.1) is 0 Å². The van der Waals surface area contributed by atoms with Crippen molar-refractivity contribution >= 4 is 23.6 Å². The molecular weight excluding hydrogens is 362 g/mol. The minimum Gasteiger partial charge on any atom is -0.497 e. The first-order valence-electron chi connectivity index (χ1n) is 8.53. The van der Waals surface area contributed by atoms with Gasteiger partial charge in [-0.3, -0.25) is 4.79 Å². The predicted molar refractivity (Wildman–Crippen MR) is 106 cm³/mol. The second-order valence-corrected chi connectivity index (χ2v) is 5.72. The summed E-state index contributed by atoms with van der Waals surface area (Å²) in [5.41, 5.74) is 1.19. The van der Waals surface area contributed by atoms with Gasteiger partial charge < -0.3 is 24.3 Å². The van der Waals surface area contributed by atoms with Gasteiger partial charge in [0, 0.05) is 23.4 Å². The standard InChI is InChI=1S/C21H23NO6/c1-14(21(24)22-16-8-6-9-17(13-16)25-2)28-19(23)12-11-15-7-5-10-18(26-3)20(15)27-4/h5-14H,1-4H3,(H,22,24)/b12-11+/t14-/m0/s1. The van der Waals surface area contributed by atoms with Crippen LogP contribution in [0.5, 0.6) is 17.2 Å². The fourth-order valence-corrected chi connectivity index (χ4v) is 2.41. The van der Waals surface area contributed by atoms with E-state index < -0.39 is 18.0 Å². The lowest BCUT2D eigenvalue weighted by atomic mass is 10.1. The summed E-state index contributed by atoms with van der Waals surface area (Å²) in [4.78, 5) is 24.3. The molecule has 0 spiro atoms. The first-order chi connectivity index (χ1) is 13.5. The van der Waals surface area contributed by atoms with Gasteiger partial charge in [0.05, 0.1) is 21.3 Å². The fourth-order valence-electron chi connectivity index (χ4n) is 2.41. The zero-order valence-corrected chi connectivity index (χ0v) is 16.2. The van der Waals surface area contributed by atoms with Crippen molar-refractivity contribution in [2.45, 2.75) is 13.0 Å². The molecule has 0 aliphatic rings. The quantitative estimate of drug-likeness (QED) is 0.555. The molecule has 148 valence electrons. The average Bonchev–Trinajstić information content (AvgIpc) is 2.71. The van der Waals surface area contributed by atoms with Crippen LogP contribution >= 0.6 is 0 Å². The number of ether oxygens (including phenoxy) is 4. The first kappa shape index (κ1) is 20.8. The highest BCUT2D eigenvalue weighted by molar-refractivity contribution is 5.96. The number of esters is 1. The largest absolute Gasteiger partial charge is 0.497 e. The molecule has 1 atom stereocenters. The average molecular weight is 385 g/mol. The minimum atomic E-state index is -0.976. The number of para-hydroxylation sites is 1. The Hall–Kier alpha value is -3.48. The van der Waals surface area contributed by atoms with E-state index >= 15 is 0 Å². The third-order valence-corrected chi connectivity index (χ3v) is 3.83. The van der Waals surface area contributed by atoms with Gasteiger partial charge in [0.1, 0.15) is 5.75 Å². The summed E-state index contributed by atoms with van der Waals surface area (Å²) in [6.07, 6.45) is 1.79. The van der Waals surface area contributed by atoms with Crippen LogP contribution in [0.2, 0.25) is 0 Å². The van der Waals surface area contributed by atoms with Crippen LogP contribution in [0.1, 0.15) is 12.5 Å². The SMILES string of the molecule is COc1cccc(NC(=O)[C@H](C)OC(=O)/C=C/c2cccc(OC)c2OC)c1. The van der Waals surface area contributed by atoms with Crippen molar-refractivity contribution in [2.24, 2.45) is 0 Å². The van der Waals surface area contributed by atoms with Crippen LogP contribution in [0.4, 0.5) is 5.69 Å². The third kappa shape index (κ3) is 5.51. The minimum absolute atomic E-state index is 0.450. The van der Waals surface area contributed by atoms with Gasteiger partial charge in [0.15, 0.2) is 17.6 Å². The Morgan fingerprint density at radius 1 is 1.00 bits per heavy atom. The van der Waals surface area contributed by atoms with E-state index in [1.807, 2.05) is 0 Å². The Morgan fingerprint density at radius 2 is 1.75 bits per heavy atom. The molecule has 0 aliphatic carbocycles. The Morgan fingerprint density at radius 3 is 2.43 bits per heavy atom. The van der Waals surface area contributed by atoms with Gasteiger partial charge in [0.25, 0.3) is 5.91 Å². The highest BCUT2D eigenvalue weighted by atomic mass is 16.5. The first-order valence-corrected chi connectivity index (χ1v) is 8.53. The number of amides is 1. The van der Waals surface area contributed by atoms with Crippen molar-refractivity contribution in [3.8, 4) is 17.2 Å². The number of hydrogen-bond acceptors (Lipinski definition) is 6. The van der Waals surface area contributed by atoms with Crippen molar-refractivity contribution < 1.29 is 28.5 Å². The van der Waals surface area contributed by atoms with Gasteiger partial charge in [-0.2, -0.15) is 0 Å². The van der Waals surface area contributed by atoms with E-state index in [1.54, 1.807) is 42.5 Å². The molecule has 2 aromatic carbocycles. The molecular formula is C21H23NO6. The lowest BCUT2D eigenvalue weighted by Gasteiger charge is -2.13. The van der Waals surface area contributed by atoms with Crippen molar-refractivity contribution in [2.75, 3.05) is 26.6 Å². The number of carbonyl (C=O) groups is 2. The summed E-state index contributed by atoms with van der Waals surface area (Å²) in [5, 5.41) is 2.67. The molecule has 0 unspecified atom stereocenters. The monoisotopic (exact) mass is 385 g/mol. The van der Waals surface area contributed by atoms with E-state index in [4.69, 9.17) is 18.9 Å². The topological polar surface area (TPSA) is 83.1 Å². The molecule has 1 amide bonds. The second-order valence-electron chi connectivity index (χ2n) is 5.72. The fraction of sp³-hybridized carbons (Fsp3) is 0.238. The number of carbonyl (C=O) groups excluding carboxylic acids is 2. The summed E-state index contributed by atoms with van der Waals surface area (Å²) >= 11 is 0. The maximum atomic E-state index is 12.2. The van der Waals surface area contributed by atoms with Crippen LogP contribution < -0.4 is 19.5 Å². The van der Waals surface area contributed by atoms with Gasteiger partial charge in [-0.15, -0.1) is 0 Å². The van der Waals surface area contributed by atoms with Crippen LogP contribution in [0.15, 0.2) is 48.5 Å². The Kier molecular flexibility index (Phi) is 7.45. The van der Waals surface area contributed by atoms with E-state index in [0.717, 1.165) is 0 Å². The van der Waals surface area contributed by atoms with Crippen molar-refractivity contribution in [3.05, 3.63) is 54.1 Å². The number of hydrogen-bond donors (Lipinski definition) is 1. The van der Waals surface area contributed by atoms with Crippen LogP contribution in [0.3, 0.4) is 0 Å². The van der Waals surface area contributed by atoms with Gasteiger partial charge in [-0.25, -0.2) is 4.79 Å². The Balaban J connectivity index is 1.98. The van der Waals surface area contributed by atoms with Crippen LogP contribution in [0.25, 0.3) is 6.08 Å². The van der Waals surface area contributed by atoms with Crippen LogP contribution in [-0.4, -0.2) is 39.3 Å². The summed E-state index contributed by atoms with van der Waals surface area (Å²) in [7, 11) is 4.58. The van der Waals surface area contributed by atoms with Crippen molar-refractivity contribution in [1.29, 1.82) is 0 Å². The Labute approximate surface area is 163 Å². The van der Waals surface area contributed by atoms with E-state index in [-0.39, 0.29) is 0 Å². The number of rotatable bonds is 8. The third-order valence-electron chi connectivity index (χ3n) is 3.83. The summed E-state index contributed by atoms with van der Waals surface area (Å²) in [6.45, 7) is 1.49. The zero-order valence-electron chi connectivity index (χ0n) is 16.2. The maximum Gasteiger partial charge on any atom is 0.331 e. The van der Waals surface area contributed by atoms with E-state index in [9.17, 15) is 9.59 Å². The normalized spacial score (nSPS) is 11.6. The zero-order chi connectivity index (χ0) is 20.5. The smallest absolute Gasteiger partial charge is 0.331 e. The van der Waals surface area contributed by atoms with Crippen molar-refractivity contribution in [3.63, 3.8) is 0 Å². The molecule has 0 aromatic heterocycles. The van der Waals surface area contributed by atoms with Gasteiger partial charge in [-0.05, 0) is 31.2 Å². The van der Waals surface area contributed by atoms with Crippen molar-refractivity contribution in [1.82, 2.24) is 0 Å². The molecule has 0 saturated heterocycles. The molecule has 7 nitrogen and oxygen atoms in total. The van der Waals surface area contributed by atoms with E-state index in [2.05, 4.69) is 5.32 Å². The molecule has 0 radical (unpaired) electrons. The molecule has 2 rings (SSSR count). The molecule has 0 aliphatic heterocycles. The summed E-state index contributed by atoms with van der Waals surface area (Å²) < 4.78 is 20.8. The second kappa shape index (κ2) is 10.0. The molecule has 28 heavy (non-hydrogen) atoms. The molecule has 0 bridgehead atoms. The summed E-state index contributed by atoms with van der Waals surface area (Å²) in [5.74, 6) is 0.548. The molecule has 0 heterocycles. The van der Waals surface area contributed by atoms with E-state index in [0.29, 0.717) is 28.5 Å². The highest BCUT2D eigenvalue weighted by Crippen LogP contribution is 2.31. The number of benzene rings is 2. The molecule has 2 aromatic rings. The Bertz CT molecular complexity index is 862. The lowest BCUT2D eigenvalue weighted by Crippen LogP contribution is -2.29.